The van der Waals surface area contributed by atoms with E-state index in [1.165, 1.54) is 74.0 Å². The maximum Gasteiger partial charge on any atom is 0.0793 e. The summed E-state index contributed by atoms with van der Waals surface area (Å²) in [5, 5.41) is 3.57. The Bertz CT molecular complexity index is 400. The number of nitrogens with zero attached hydrogens (tertiary/aromatic N) is 1. The highest BCUT2D eigenvalue weighted by molar-refractivity contribution is 5.30. The molecule has 0 bridgehead atoms. The zero-order valence-electron chi connectivity index (χ0n) is 16.0. The summed E-state index contributed by atoms with van der Waals surface area (Å²) < 4.78 is 1.34. The first-order valence-electron chi connectivity index (χ1n) is 9.71. The van der Waals surface area contributed by atoms with Gasteiger partial charge in [0, 0.05) is 24.6 Å². The average Bonchev–Trinajstić information content (AvgIpc) is 2.89. The summed E-state index contributed by atoms with van der Waals surface area (Å²) in [6.45, 7) is 19.6. The number of hydrogen-bond donors (Lipinski definition) is 1. The molecule has 0 spiro atoms. The Morgan fingerprint density at radius 2 is 1.78 bits per heavy atom. The van der Waals surface area contributed by atoms with Crippen LogP contribution in [0.1, 0.15) is 59.8 Å². The number of unbranched alkanes of at least 4 members (excludes halogenated alkanes) is 1. The van der Waals surface area contributed by atoms with Crippen molar-refractivity contribution in [3.05, 3.63) is 36.1 Å². The second-order valence-corrected chi connectivity index (χ2v) is 7.15. The third kappa shape index (κ3) is 6.18. The topological polar surface area (TPSA) is 12.0 Å². The van der Waals surface area contributed by atoms with Crippen molar-refractivity contribution in [1.82, 2.24) is 5.32 Å². The molecule has 2 nitrogen and oxygen atoms in total. The molecule has 0 saturated carbocycles. The van der Waals surface area contributed by atoms with Crippen molar-refractivity contribution < 1.29 is 4.48 Å². The SMILES string of the molecule is C=C/C=C\C1=C(C)C(CC[N+](CCC)(CCC)CCCC)CN1. The Kier molecular flexibility index (Phi) is 9.31. The molecule has 1 unspecified atom stereocenters. The van der Waals surface area contributed by atoms with Crippen LogP contribution in [0.5, 0.6) is 0 Å². The summed E-state index contributed by atoms with van der Waals surface area (Å²) in [4.78, 5) is 0. The van der Waals surface area contributed by atoms with Crippen LogP contribution < -0.4 is 5.32 Å². The summed E-state index contributed by atoms with van der Waals surface area (Å²) in [6.07, 6.45) is 12.6. The Balaban J connectivity index is 2.71. The van der Waals surface area contributed by atoms with Gasteiger partial charge in [0.15, 0.2) is 0 Å². The van der Waals surface area contributed by atoms with E-state index < -0.39 is 0 Å². The molecule has 1 aliphatic heterocycles. The first-order chi connectivity index (χ1) is 11.1. The van der Waals surface area contributed by atoms with Crippen LogP contribution in [0.25, 0.3) is 0 Å². The predicted molar refractivity (Wildman–Crippen MR) is 103 cm³/mol. The molecule has 2 heteroatoms. The van der Waals surface area contributed by atoms with Crippen LogP contribution in [0.4, 0.5) is 0 Å². The highest BCUT2D eigenvalue weighted by Crippen LogP contribution is 2.26. The lowest BCUT2D eigenvalue weighted by Gasteiger charge is -2.39. The molecule has 0 aromatic rings. The molecule has 0 fully saturated rings. The lowest BCUT2D eigenvalue weighted by atomic mass is 9.97. The highest BCUT2D eigenvalue weighted by atomic mass is 15.3. The molecule has 1 N–H and O–H groups in total. The minimum absolute atomic E-state index is 0.701. The molecule has 0 radical (unpaired) electrons. The second kappa shape index (κ2) is 10.7. The van der Waals surface area contributed by atoms with Gasteiger partial charge in [-0.05, 0) is 37.8 Å². The van der Waals surface area contributed by atoms with Crippen molar-refractivity contribution in [3.63, 3.8) is 0 Å². The zero-order valence-corrected chi connectivity index (χ0v) is 16.0. The van der Waals surface area contributed by atoms with Crippen molar-refractivity contribution in [2.75, 3.05) is 32.7 Å². The zero-order chi connectivity index (χ0) is 17.1. The molecule has 0 saturated heterocycles. The maximum atomic E-state index is 3.76. The van der Waals surface area contributed by atoms with E-state index in [-0.39, 0.29) is 0 Å². The fourth-order valence-corrected chi connectivity index (χ4v) is 3.96. The molecule has 1 heterocycles. The van der Waals surface area contributed by atoms with Gasteiger partial charge in [-0.2, -0.15) is 0 Å². The number of hydrogen-bond acceptors (Lipinski definition) is 1. The molecule has 1 rings (SSSR count). The van der Waals surface area contributed by atoms with Gasteiger partial charge in [0.25, 0.3) is 0 Å². The molecular formula is C21H39N2+. The Labute approximate surface area is 144 Å². The van der Waals surface area contributed by atoms with Crippen molar-refractivity contribution >= 4 is 0 Å². The normalized spacial score (nSPS) is 18.7. The number of rotatable bonds is 12. The summed E-state index contributed by atoms with van der Waals surface area (Å²) in [6, 6.07) is 0. The summed E-state index contributed by atoms with van der Waals surface area (Å²) in [7, 11) is 0. The Hall–Kier alpha value is -1.02. The molecular weight excluding hydrogens is 280 g/mol. The molecule has 132 valence electrons. The van der Waals surface area contributed by atoms with Crippen LogP contribution >= 0.6 is 0 Å². The van der Waals surface area contributed by atoms with Gasteiger partial charge < -0.3 is 9.80 Å². The van der Waals surface area contributed by atoms with E-state index in [2.05, 4.69) is 45.7 Å². The minimum Gasteiger partial charge on any atom is -0.384 e. The Morgan fingerprint density at radius 3 is 2.35 bits per heavy atom. The molecule has 0 aromatic heterocycles. The standard InChI is InChI=1S/C21H39N2/c1-6-10-12-21-19(5)20(18-22-21)13-17-23(14-8-3,15-9-4)16-11-7-2/h6,10,12,20,22H,1,7-9,11,13-18H2,2-5H3/q+1/b12-10-. The minimum atomic E-state index is 0.701. The summed E-state index contributed by atoms with van der Waals surface area (Å²) >= 11 is 0. The van der Waals surface area contributed by atoms with Gasteiger partial charge in [-0.1, -0.05) is 45.9 Å². The van der Waals surface area contributed by atoms with Gasteiger partial charge in [0.2, 0.25) is 0 Å². The van der Waals surface area contributed by atoms with E-state index in [9.17, 15) is 0 Å². The highest BCUT2D eigenvalue weighted by Gasteiger charge is 2.28. The number of nitrogens with one attached hydrogen (secondary N) is 1. The molecule has 0 aliphatic carbocycles. The van der Waals surface area contributed by atoms with E-state index in [4.69, 9.17) is 0 Å². The molecule has 0 aromatic carbocycles. The lowest BCUT2D eigenvalue weighted by Crippen LogP contribution is -2.51. The van der Waals surface area contributed by atoms with Gasteiger partial charge in [0.05, 0.1) is 26.2 Å². The quantitative estimate of drug-likeness (QED) is 0.392. The monoisotopic (exact) mass is 319 g/mol. The van der Waals surface area contributed by atoms with Crippen molar-refractivity contribution in [2.45, 2.75) is 59.8 Å². The van der Waals surface area contributed by atoms with Crippen molar-refractivity contribution in [3.8, 4) is 0 Å². The average molecular weight is 320 g/mol. The largest absolute Gasteiger partial charge is 0.384 e. The van der Waals surface area contributed by atoms with E-state index in [1.54, 1.807) is 0 Å². The van der Waals surface area contributed by atoms with E-state index in [0.717, 1.165) is 6.54 Å². The van der Waals surface area contributed by atoms with Gasteiger partial charge in [-0.3, -0.25) is 0 Å². The number of allylic oxidation sites excluding steroid dienone is 3. The van der Waals surface area contributed by atoms with Gasteiger partial charge >= 0.3 is 0 Å². The third-order valence-electron chi connectivity index (χ3n) is 5.31. The fourth-order valence-electron chi connectivity index (χ4n) is 3.96. The first kappa shape index (κ1) is 20.0. The second-order valence-electron chi connectivity index (χ2n) is 7.15. The van der Waals surface area contributed by atoms with E-state index in [1.807, 2.05) is 12.2 Å². The number of quaternary nitrogens is 1. The first-order valence-corrected chi connectivity index (χ1v) is 9.71. The lowest BCUT2D eigenvalue weighted by molar-refractivity contribution is -0.929. The van der Waals surface area contributed by atoms with Crippen molar-refractivity contribution in [2.24, 2.45) is 5.92 Å². The van der Waals surface area contributed by atoms with Crippen LogP contribution in [0.2, 0.25) is 0 Å². The molecule has 0 amide bonds. The van der Waals surface area contributed by atoms with Crippen LogP contribution in [0, 0.1) is 5.92 Å². The van der Waals surface area contributed by atoms with Crippen LogP contribution in [0.3, 0.4) is 0 Å². The van der Waals surface area contributed by atoms with Crippen molar-refractivity contribution in [1.29, 1.82) is 0 Å². The predicted octanol–water partition coefficient (Wildman–Crippen LogP) is 5.05. The van der Waals surface area contributed by atoms with Crippen LogP contribution in [0.15, 0.2) is 36.1 Å². The molecule has 1 atom stereocenters. The maximum absolute atomic E-state index is 3.76. The summed E-state index contributed by atoms with van der Waals surface area (Å²) in [5.74, 6) is 0.701. The van der Waals surface area contributed by atoms with Gasteiger partial charge in [-0.15, -0.1) is 0 Å². The molecule has 23 heavy (non-hydrogen) atoms. The smallest absolute Gasteiger partial charge is 0.0793 e. The van der Waals surface area contributed by atoms with E-state index >= 15 is 0 Å². The van der Waals surface area contributed by atoms with Crippen LogP contribution in [-0.2, 0) is 0 Å². The molecule has 1 aliphatic rings. The third-order valence-corrected chi connectivity index (χ3v) is 5.31. The Morgan fingerprint density at radius 1 is 1.09 bits per heavy atom. The fraction of sp³-hybridized carbons (Fsp3) is 0.714. The summed E-state index contributed by atoms with van der Waals surface area (Å²) in [5.41, 5.74) is 2.84. The van der Waals surface area contributed by atoms with Gasteiger partial charge in [0.1, 0.15) is 0 Å². The van der Waals surface area contributed by atoms with Crippen LogP contribution in [-0.4, -0.2) is 37.2 Å². The van der Waals surface area contributed by atoms with Gasteiger partial charge in [-0.25, -0.2) is 0 Å². The van der Waals surface area contributed by atoms with E-state index in [0.29, 0.717) is 5.92 Å².